The second kappa shape index (κ2) is 14.0. The number of hydrogen-bond acceptors (Lipinski definition) is 8. The average molecular weight is 716 g/mol. The Labute approximate surface area is 304 Å². The van der Waals surface area contributed by atoms with Crippen molar-refractivity contribution in [2.45, 2.75) is 72.5 Å². The lowest BCUT2D eigenvalue weighted by Gasteiger charge is -2.33. The average Bonchev–Trinajstić information content (AvgIpc) is 3.73. The molecule has 2 fully saturated rings. The third kappa shape index (κ3) is 7.09. The SMILES string of the molecule is CC(=O)Nc1ncnc2c1C(C)(C#CC1=C(C)C(C)CC(C(=O)C(=N)CC3=CC4(C(F)(F)F)C(C=C3)C4CN3CCN(C)CC3)=C1)N=C(C(C)C)C2. The number of halogens is 3. The number of fused-ring (bicyclic) bond motifs is 2. The van der Waals surface area contributed by atoms with Crippen LogP contribution in [0.4, 0.5) is 19.0 Å². The van der Waals surface area contributed by atoms with Crippen LogP contribution in [0.5, 0.6) is 0 Å². The van der Waals surface area contributed by atoms with Gasteiger partial charge in [-0.3, -0.25) is 14.6 Å². The summed E-state index contributed by atoms with van der Waals surface area (Å²) in [5, 5.41) is 11.6. The monoisotopic (exact) mass is 715 g/mol. The molecule has 1 aromatic rings. The van der Waals surface area contributed by atoms with E-state index in [0.29, 0.717) is 47.5 Å². The lowest BCUT2D eigenvalue weighted by atomic mass is 9.81. The molecule has 0 bridgehead atoms. The van der Waals surface area contributed by atoms with Gasteiger partial charge in [0.1, 0.15) is 17.7 Å². The molecule has 12 heteroatoms. The Bertz CT molecular complexity index is 1900. The summed E-state index contributed by atoms with van der Waals surface area (Å²) >= 11 is 0. The number of nitrogens with one attached hydrogen (secondary N) is 2. The zero-order chi connectivity index (χ0) is 37.7. The van der Waals surface area contributed by atoms with E-state index < -0.39 is 34.7 Å². The number of carbonyl (C=O) groups is 2. The van der Waals surface area contributed by atoms with Gasteiger partial charge in [-0.25, -0.2) is 9.97 Å². The topological polar surface area (TPSA) is 115 Å². The maximum Gasteiger partial charge on any atom is 0.398 e. The Morgan fingerprint density at radius 3 is 2.54 bits per heavy atom. The molecular formula is C40H48F3N7O2. The van der Waals surface area contributed by atoms with Gasteiger partial charge in [-0.05, 0) is 56.7 Å². The lowest BCUT2D eigenvalue weighted by Crippen LogP contribution is -2.45. The van der Waals surface area contributed by atoms with E-state index in [4.69, 9.17) is 10.4 Å². The third-order valence-electron chi connectivity index (χ3n) is 11.5. The first-order valence-corrected chi connectivity index (χ1v) is 18.1. The van der Waals surface area contributed by atoms with Crippen LogP contribution in [0.25, 0.3) is 0 Å². The number of hydrogen-bond donors (Lipinski definition) is 2. The smallest absolute Gasteiger partial charge is 0.311 e. The fraction of sp³-hybridized carbons (Fsp3) is 0.550. The number of piperazine rings is 1. The van der Waals surface area contributed by atoms with Crippen LogP contribution in [-0.2, 0) is 21.5 Å². The molecule has 5 atom stereocenters. The summed E-state index contributed by atoms with van der Waals surface area (Å²) in [4.78, 5) is 44.0. The highest BCUT2D eigenvalue weighted by atomic mass is 19.4. The first-order valence-electron chi connectivity index (χ1n) is 18.1. The normalized spacial score (nSPS) is 28.9. The minimum Gasteiger partial charge on any atom is -0.311 e. The molecule has 0 radical (unpaired) electrons. The predicted octanol–water partition coefficient (Wildman–Crippen LogP) is 6.11. The zero-order valence-electron chi connectivity index (χ0n) is 31.0. The maximum atomic E-state index is 14.7. The van der Waals surface area contributed by atoms with Crippen molar-refractivity contribution >= 4 is 28.9 Å². The Morgan fingerprint density at radius 1 is 1.17 bits per heavy atom. The summed E-state index contributed by atoms with van der Waals surface area (Å²) < 4.78 is 44.1. The van der Waals surface area contributed by atoms with E-state index in [-0.39, 0.29) is 29.9 Å². The molecule has 1 saturated carbocycles. The number of rotatable bonds is 8. The van der Waals surface area contributed by atoms with Crippen molar-refractivity contribution in [3.05, 3.63) is 64.2 Å². The van der Waals surface area contributed by atoms with Crippen molar-refractivity contribution in [1.29, 1.82) is 5.41 Å². The molecule has 1 saturated heterocycles. The summed E-state index contributed by atoms with van der Waals surface area (Å²) in [6, 6.07) is 0. The third-order valence-corrected chi connectivity index (χ3v) is 11.5. The highest BCUT2D eigenvalue weighted by Crippen LogP contribution is 2.70. The molecule has 6 rings (SSSR count). The molecule has 2 N–H and O–H groups in total. The number of ketones is 1. The molecule has 1 aromatic heterocycles. The molecule has 9 nitrogen and oxygen atoms in total. The number of Topliss-reactive ketones (excluding diaryl/α,β-unsaturated/α-hetero) is 1. The van der Waals surface area contributed by atoms with Crippen molar-refractivity contribution in [3.63, 3.8) is 0 Å². The van der Waals surface area contributed by atoms with Crippen molar-refractivity contribution in [2.75, 3.05) is 45.1 Å². The van der Waals surface area contributed by atoms with E-state index in [0.717, 1.165) is 43.2 Å². The van der Waals surface area contributed by atoms with Crippen LogP contribution in [-0.4, -0.2) is 88.8 Å². The van der Waals surface area contributed by atoms with E-state index in [2.05, 4.69) is 50.8 Å². The fourth-order valence-corrected chi connectivity index (χ4v) is 8.12. The lowest BCUT2D eigenvalue weighted by molar-refractivity contribution is -0.180. The minimum atomic E-state index is -4.43. The van der Waals surface area contributed by atoms with Gasteiger partial charge in [-0.15, -0.1) is 0 Å². The number of alkyl halides is 3. The number of anilines is 1. The van der Waals surface area contributed by atoms with E-state index in [1.54, 1.807) is 18.2 Å². The summed E-state index contributed by atoms with van der Waals surface area (Å²) in [5.74, 6) is 5.06. The molecule has 3 aliphatic carbocycles. The van der Waals surface area contributed by atoms with E-state index in [9.17, 15) is 22.8 Å². The molecule has 0 aromatic carbocycles. The molecule has 0 spiro atoms. The van der Waals surface area contributed by atoms with Gasteiger partial charge in [0.05, 0.1) is 22.4 Å². The van der Waals surface area contributed by atoms with Crippen molar-refractivity contribution in [3.8, 4) is 11.8 Å². The van der Waals surface area contributed by atoms with Gasteiger partial charge >= 0.3 is 6.18 Å². The summed E-state index contributed by atoms with van der Waals surface area (Å²) in [7, 11) is 2.02. The molecular weight excluding hydrogens is 667 g/mol. The number of amides is 1. The van der Waals surface area contributed by atoms with Crippen LogP contribution in [0, 0.1) is 46.3 Å². The van der Waals surface area contributed by atoms with Gasteiger partial charge in [-0.1, -0.05) is 56.4 Å². The minimum absolute atomic E-state index is 0.0506. The number of aromatic nitrogens is 2. The first kappa shape index (κ1) is 37.5. The van der Waals surface area contributed by atoms with Gasteiger partial charge in [0.2, 0.25) is 11.7 Å². The Morgan fingerprint density at radius 2 is 1.88 bits per heavy atom. The van der Waals surface area contributed by atoms with Crippen LogP contribution < -0.4 is 5.32 Å². The highest BCUT2D eigenvalue weighted by Gasteiger charge is 2.76. The predicted molar refractivity (Wildman–Crippen MR) is 196 cm³/mol. The summed E-state index contributed by atoms with van der Waals surface area (Å²) in [6.45, 7) is 14.8. The van der Waals surface area contributed by atoms with Crippen molar-refractivity contribution in [1.82, 2.24) is 19.8 Å². The summed E-state index contributed by atoms with van der Waals surface area (Å²) in [6.07, 6.45) is 4.04. The van der Waals surface area contributed by atoms with Gasteiger partial charge in [0.15, 0.2) is 0 Å². The number of aliphatic imine (C=N–C) groups is 1. The largest absolute Gasteiger partial charge is 0.398 e. The molecule has 5 aliphatic rings. The highest BCUT2D eigenvalue weighted by molar-refractivity contribution is 6.45. The van der Waals surface area contributed by atoms with Gasteiger partial charge in [0, 0.05) is 75.3 Å². The Kier molecular flexibility index (Phi) is 10.1. The Hall–Kier alpha value is -4.21. The second-order valence-electron chi connectivity index (χ2n) is 15.6. The van der Waals surface area contributed by atoms with Crippen LogP contribution >= 0.6 is 0 Å². The Balaban J connectivity index is 1.24. The fourth-order valence-electron chi connectivity index (χ4n) is 8.12. The number of likely N-dealkylation sites (N-methyl/N-ethyl adjacent to an activating group) is 1. The quantitative estimate of drug-likeness (QED) is 0.248. The van der Waals surface area contributed by atoms with Crippen LogP contribution in [0.1, 0.15) is 65.6 Å². The molecule has 2 aliphatic heterocycles. The standard InChI is InChI=1S/C40H48F3N7O2/c1-23(2)33-19-34-35(37(46-22-45-34)47-26(5)51)38(6,48-33)11-10-28-18-29(16-24(3)25(28)4)36(52)32(44)17-27-8-9-30-31(39(30,20-27)40(41,42)43)21-50-14-12-49(7)13-15-50/h8-9,18,20,22-24,30-31,44H,12-17,19,21H2,1-7H3,(H,45,46,47,51). The van der Waals surface area contributed by atoms with Gasteiger partial charge in [0.25, 0.3) is 0 Å². The number of carbonyl (C=O) groups excluding carboxylic acids is 2. The summed E-state index contributed by atoms with van der Waals surface area (Å²) in [5.41, 5.74) is 1.34. The van der Waals surface area contributed by atoms with Crippen molar-refractivity contribution < 1.29 is 22.8 Å². The molecule has 52 heavy (non-hydrogen) atoms. The second-order valence-corrected chi connectivity index (χ2v) is 15.6. The molecule has 1 amide bonds. The van der Waals surface area contributed by atoms with Crippen molar-refractivity contribution in [2.24, 2.45) is 34.1 Å². The van der Waals surface area contributed by atoms with Crippen LogP contribution in [0.2, 0.25) is 0 Å². The molecule has 5 unspecified atom stereocenters. The van der Waals surface area contributed by atoms with E-state index in [1.807, 2.05) is 27.8 Å². The van der Waals surface area contributed by atoms with E-state index >= 15 is 0 Å². The van der Waals surface area contributed by atoms with Crippen LogP contribution in [0.3, 0.4) is 0 Å². The molecule has 3 heterocycles. The van der Waals surface area contributed by atoms with Gasteiger partial charge < -0.3 is 20.5 Å². The van der Waals surface area contributed by atoms with E-state index in [1.165, 1.54) is 19.3 Å². The molecule has 276 valence electrons. The maximum absolute atomic E-state index is 14.7. The van der Waals surface area contributed by atoms with Crippen LogP contribution in [0.15, 0.2) is 57.9 Å². The number of allylic oxidation sites excluding steroid dienone is 8. The first-order chi connectivity index (χ1) is 24.4. The zero-order valence-corrected chi connectivity index (χ0v) is 31.0. The van der Waals surface area contributed by atoms with Gasteiger partial charge in [-0.2, -0.15) is 13.2 Å². The number of nitrogens with zero attached hydrogens (tertiary/aromatic N) is 5.